The fourth-order valence-electron chi connectivity index (χ4n) is 1.94. The minimum absolute atomic E-state index is 0.0425. The van der Waals surface area contributed by atoms with E-state index in [1.807, 2.05) is 50.2 Å². The first kappa shape index (κ1) is 15.6. The lowest BCUT2D eigenvalue weighted by Crippen LogP contribution is -2.12. The topological polar surface area (TPSA) is 64.3 Å². The molecule has 2 rings (SSSR count). The molecule has 0 atom stereocenters. The Morgan fingerprint density at radius 1 is 1.18 bits per heavy atom. The number of anilines is 2. The van der Waals surface area contributed by atoms with Gasteiger partial charge in [0.25, 0.3) is 0 Å². The smallest absolute Gasteiger partial charge is 0.248 e. The van der Waals surface area contributed by atoms with Gasteiger partial charge in [-0.2, -0.15) is 0 Å². The van der Waals surface area contributed by atoms with Crippen molar-refractivity contribution in [2.75, 3.05) is 11.1 Å². The highest BCUT2D eigenvalue weighted by molar-refractivity contribution is 6.02. The Balaban J connectivity index is 2.06. The van der Waals surface area contributed by atoms with Crippen LogP contribution in [0, 0.1) is 0 Å². The number of carbonyl (C=O) groups is 1. The second-order valence-corrected chi connectivity index (χ2v) is 5.16. The van der Waals surface area contributed by atoms with Gasteiger partial charge in [-0.15, -0.1) is 0 Å². The molecule has 0 aliphatic carbocycles. The first-order valence-electron chi connectivity index (χ1n) is 7.15. The van der Waals surface area contributed by atoms with Crippen molar-refractivity contribution >= 4 is 23.4 Å². The van der Waals surface area contributed by atoms with E-state index in [9.17, 15) is 4.79 Å². The summed E-state index contributed by atoms with van der Waals surface area (Å²) in [7, 11) is 0. The minimum Gasteiger partial charge on any atom is -0.489 e. The first-order valence-corrected chi connectivity index (χ1v) is 7.15. The number of benzene rings is 2. The number of para-hydroxylation sites is 2. The van der Waals surface area contributed by atoms with Crippen molar-refractivity contribution < 1.29 is 9.53 Å². The highest BCUT2D eigenvalue weighted by atomic mass is 16.5. The van der Waals surface area contributed by atoms with Gasteiger partial charge in [0.2, 0.25) is 5.91 Å². The third-order valence-corrected chi connectivity index (χ3v) is 2.85. The fraction of sp³-hybridized carbons (Fsp3) is 0.167. The number of nitrogen functional groups attached to an aromatic ring is 1. The van der Waals surface area contributed by atoms with Crippen molar-refractivity contribution in [1.29, 1.82) is 0 Å². The highest BCUT2D eigenvalue weighted by Crippen LogP contribution is 2.24. The zero-order valence-corrected chi connectivity index (χ0v) is 12.7. The van der Waals surface area contributed by atoms with E-state index >= 15 is 0 Å². The lowest BCUT2D eigenvalue weighted by Gasteiger charge is -2.14. The molecular formula is C18H20N2O2. The van der Waals surface area contributed by atoms with E-state index in [0.717, 1.165) is 5.56 Å². The number of hydrogen-bond acceptors (Lipinski definition) is 3. The number of amides is 1. The van der Waals surface area contributed by atoms with Gasteiger partial charge in [0.15, 0.2) is 0 Å². The summed E-state index contributed by atoms with van der Waals surface area (Å²) in [5.41, 5.74) is 7.90. The Labute approximate surface area is 130 Å². The summed E-state index contributed by atoms with van der Waals surface area (Å²) < 4.78 is 5.67. The normalized spacial score (nSPS) is 10.9. The Hall–Kier alpha value is -2.75. The van der Waals surface area contributed by atoms with Gasteiger partial charge in [0.1, 0.15) is 5.75 Å². The molecule has 0 fully saturated rings. The number of hydrogen-bond donors (Lipinski definition) is 2. The van der Waals surface area contributed by atoms with Crippen LogP contribution < -0.4 is 15.8 Å². The van der Waals surface area contributed by atoms with Gasteiger partial charge in [-0.05, 0) is 49.8 Å². The van der Waals surface area contributed by atoms with Crippen molar-refractivity contribution in [1.82, 2.24) is 0 Å². The Bertz CT molecular complexity index is 678. The van der Waals surface area contributed by atoms with E-state index in [-0.39, 0.29) is 12.0 Å². The second kappa shape index (κ2) is 7.31. The lowest BCUT2D eigenvalue weighted by atomic mass is 10.2. The van der Waals surface area contributed by atoms with E-state index < -0.39 is 0 Å². The Morgan fingerprint density at radius 3 is 2.68 bits per heavy atom. The first-order chi connectivity index (χ1) is 10.5. The van der Waals surface area contributed by atoms with Crippen LogP contribution in [0.2, 0.25) is 0 Å². The molecule has 2 aromatic carbocycles. The van der Waals surface area contributed by atoms with Gasteiger partial charge in [-0.25, -0.2) is 0 Å². The van der Waals surface area contributed by atoms with Crippen LogP contribution in [0.3, 0.4) is 0 Å². The molecule has 0 heterocycles. The van der Waals surface area contributed by atoms with Crippen LogP contribution in [0.25, 0.3) is 6.08 Å². The number of nitrogens with two attached hydrogens (primary N) is 1. The molecule has 0 bridgehead atoms. The van der Waals surface area contributed by atoms with Crippen LogP contribution in [0.5, 0.6) is 5.75 Å². The predicted octanol–water partition coefficient (Wildman–Crippen LogP) is 3.71. The van der Waals surface area contributed by atoms with Crippen LogP contribution in [0.4, 0.5) is 11.4 Å². The zero-order chi connectivity index (χ0) is 15.9. The monoisotopic (exact) mass is 296 g/mol. The Kier molecular flexibility index (Phi) is 5.20. The summed E-state index contributed by atoms with van der Waals surface area (Å²) >= 11 is 0. The standard InChI is InChI=1S/C18H20N2O2/c1-13(2)22-17-9-4-3-8-16(17)20-18(21)11-10-14-6-5-7-15(19)12-14/h3-13H,19H2,1-2H3,(H,20,21)/b11-10+. The molecule has 0 radical (unpaired) electrons. The van der Waals surface area contributed by atoms with Crippen LogP contribution in [-0.2, 0) is 4.79 Å². The molecule has 1 amide bonds. The SMILES string of the molecule is CC(C)Oc1ccccc1NC(=O)/C=C/c1cccc(N)c1. The molecule has 114 valence electrons. The van der Waals surface area contributed by atoms with Crippen LogP contribution >= 0.6 is 0 Å². The maximum Gasteiger partial charge on any atom is 0.248 e. The van der Waals surface area contributed by atoms with Gasteiger partial charge >= 0.3 is 0 Å². The largest absolute Gasteiger partial charge is 0.489 e. The fourth-order valence-corrected chi connectivity index (χ4v) is 1.94. The van der Waals surface area contributed by atoms with Crippen LogP contribution in [-0.4, -0.2) is 12.0 Å². The molecule has 0 aliphatic heterocycles. The van der Waals surface area contributed by atoms with E-state index in [2.05, 4.69) is 5.32 Å². The number of ether oxygens (including phenoxy) is 1. The molecule has 2 aromatic rings. The highest BCUT2D eigenvalue weighted by Gasteiger charge is 2.06. The van der Waals surface area contributed by atoms with Gasteiger partial charge in [0, 0.05) is 11.8 Å². The number of carbonyl (C=O) groups excluding carboxylic acids is 1. The maximum absolute atomic E-state index is 12.0. The molecule has 22 heavy (non-hydrogen) atoms. The predicted molar refractivity (Wildman–Crippen MR) is 90.7 cm³/mol. The number of nitrogens with one attached hydrogen (secondary N) is 1. The summed E-state index contributed by atoms with van der Waals surface area (Å²) in [5, 5.41) is 2.82. The summed E-state index contributed by atoms with van der Waals surface area (Å²) in [6.07, 6.45) is 3.24. The summed E-state index contributed by atoms with van der Waals surface area (Å²) in [4.78, 5) is 12.0. The molecule has 0 aliphatic rings. The Morgan fingerprint density at radius 2 is 1.95 bits per heavy atom. The zero-order valence-electron chi connectivity index (χ0n) is 12.7. The van der Waals surface area contributed by atoms with Crippen LogP contribution in [0.15, 0.2) is 54.6 Å². The van der Waals surface area contributed by atoms with E-state index in [0.29, 0.717) is 17.1 Å². The van der Waals surface area contributed by atoms with E-state index in [4.69, 9.17) is 10.5 Å². The number of rotatable bonds is 5. The van der Waals surface area contributed by atoms with Crippen molar-refractivity contribution in [2.45, 2.75) is 20.0 Å². The maximum atomic E-state index is 12.0. The van der Waals surface area contributed by atoms with Crippen molar-refractivity contribution in [3.8, 4) is 5.75 Å². The van der Waals surface area contributed by atoms with Crippen molar-refractivity contribution in [2.24, 2.45) is 0 Å². The van der Waals surface area contributed by atoms with Gasteiger partial charge in [-0.1, -0.05) is 24.3 Å². The molecular weight excluding hydrogens is 276 g/mol. The molecule has 3 N–H and O–H groups in total. The average molecular weight is 296 g/mol. The van der Waals surface area contributed by atoms with Crippen LogP contribution in [0.1, 0.15) is 19.4 Å². The van der Waals surface area contributed by atoms with Gasteiger partial charge < -0.3 is 15.8 Å². The van der Waals surface area contributed by atoms with Gasteiger partial charge in [-0.3, -0.25) is 4.79 Å². The molecule has 4 nitrogen and oxygen atoms in total. The molecule has 4 heteroatoms. The molecule has 0 aromatic heterocycles. The minimum atomic E-state index is -0.220. The molecule has 0 spiro atoms. The van der Waals surface area contributed by atoms with Crippen molar-refractivity contribution in [3.05, 3.63) is 60.2 Å². The lowest BCUT2D eigenvalue weighted by molar-refractivity contribution is -0.111. The summed E-state index contributed by atoms with van der Waals surface area (Å²) in [6.45, 7) is 3.89. The molecule has 0 unspecified atom stereocenters. The van der Waals surface area contributed by atoms with Crippen molar-refractivity contribution in [3.63, 3.8) is 0 Å². The average Bonchev–Trinajstić information content (AvgIpc) is 2.47. The quantitative estimate of drug-likeness (QED) is 0.653. The van der Waals surface area contributed by atoms with Gasteiger partial charge in [0.05, 0.1) is 11.8 Å². The molecule has 0 saturated heterocycles. The summed E-state index contributed by atoms with van der Waals surface area (Å²) in [5.74, 6) is 0.436. The second-order valence-electron chi connectivity index (χ2n) is 5.16. The molecule has 0 saturated carbocycles. The summed E-state index contributed by atoms with van der Waals surface area (Å²) in [6, 6.07) is 14.7. The van der Waals surface area contributed by atoms with E-state index in [1.54, 1.807) is 18.2 Å². The van der Waals surface area contributed by atoms with E-state index in [1.165, 1.54) is 6.08 Å². The third kappa shape index (κ3) is 4.66. The third-order valence-electron chi connectivity index (χ3n) is 2.85.